The van der Waals surface area contributed by atoms with Crippen LogP contribution < -0.4 is 10.1 Å². The van der Waals surface area contributed by atoms with Crippen LogP contribution in [-0.2, 0) is 16.6 Å². The van der Waals surface area contributed by atoms with Crippen molar-refractivity contribution in [2.45, 2.75) is 11.4 Å². The molecule has 0 saturated carbocycles. The van der Waals surface area contributed by atoms with Crippen LogP contribution in [0.1, 0.15) is 15.9 Å². The van der Waals surface area contributed by atoms with Crippen LogP contribution in [0.2, 0.25) is 0 Å². The van der Waals surface area contributed by atoms with Gasteiger partial charge in [-0.25, -0.2) is 8.42 Å². The Hall–Kier alpha value is -2.64. The van der Waals surface area contributed by atoms with Gasteiger partial charge in [-0.1, -0.05) is 24.3 Å². The van der Waals surface area contributed by atoms with Gasteiger partial charge < -0.3 is 10.1 Å². The van der Waals surface area contributed by atoms with Gasteiger partial charge in [0.1, 0.15) is 5.75 Å². The molecule has 1 N–H and O–H groups in total. The van der Waals surface area contributed by atoms with Crippen LogP contribution in [0.15, 0.2) is 66.1 Å². The van der Waals surface area contributed by atoms with Gasteiger partial charge in [-0.3, -0.25) is 4.79 Å². The summed E-state index contributed by atoms with van der Waals surface area (Å²) in [5, 5.41) is 2.69. The van der Waals surface area contributed by atoms with Crippen LogP contribution >= 0.6 is 0 Å². The molecular weight excluding hydrogens is 352 g/mol. The molecule has 138 valence electrons. The van der Waals surface area contributed by atoms with Crippen molar-refractivity contribution in [1.29, 1.82) is 0 Å². The highest BCUT2D eigenvalue weighted by Crippen LogP contribution is 2.24. The first-order valence-corrected chi connectivity index (χ1v) is 9.41. The molecule has 0 aliphatic rings. The third kappa shape index (κ3) is 4.50. The van der Waals surface area contributed by atoms with Gasteiger partial charge in [0.25, 0.3) is 5.91 Å². The highest BCUT2D eigenvalue weighted by atomic mass is 32.2. The Morgan fingerprint density at radius 1 is 1.23 bits per heavy atom. The summed E-state index contributed by atoms with van der Waals surface area (Å²) in [5.41, 5.74) is 1.02. The largest absolute Gasteiger partial charge is 0.496 e. The molecule has 1 amide bonds. The third-order valence-corrected chi connectivity index (χ3v) is 5.61. The first kappa shape index (κ1) is 19.7. The topological polar surface area (TPSA) is 75.7 Å². The maximum absolute atomic E-state index is 12.7. The van der Waals surface area contributed by atoms with Crippen LogP contribution in [0.5, 0.6) is 5.75 Å². The fourth-order valence-electron chi connectivity index (χ4n) is 2.41. The first-order valence-electron chi connectivity index (χ1n) is 7.97. The zero-order valence-corrected chi connectivity index (χ0v) is 15.6. The number of sulfonamides is 1. The van der Waals surface area contributed by atoms with Crippen LogP contribution in [0.3, 0.4) is 0 Å². The summed E-state index contributed by atoms with van der Waals surface area (Å²) in [4.78, 5) is 12.3. The summed E-state index contributed by atoms with van der Waals surface area (Å²) in [6, 6.07) is 13.1. The summed E-state index contributed by atoms with van der Waals surface area (Å²) in [5.74, 6) is 0.253. The second-order valence-corrected chi connectivity index (χ2v) is 7.64. The van der Waals surface area contributed by atoms with Gasteiger partial charge in [0.05, 0.1) is 12.0 Å². The van der Waals surface area contributed by atoms with E-state index in [1.54, 1.807) is 54.6 Å². The van der Waals surface area contributed by atoms with Crippen molar-refractivity contribution in [3.63, 3.8) is 0 Å². The minimum absolute atomic E-state index is 0.0724. The number of nitrogens with one attached hydrogen (secondary N) is 1. The number of rotatable bonds is 8. The Labute approximate surface area is 154 Å². The smallest absolute Gasteiger partial charge is 0.251 e. The van der Waals surface area contributed by atoms with E-state index in [-0.39, 0.29) is 17.3 Å². The van der Waals surface area contributed by atoms with Gasteiger partial charge in [0.15, 0.2) is 0 Å². The maximum atomic E-state index is 12.7. The molecule has 2 rings (SSSR count). The average molecular weight is 374 g/mol. The Balaban J connectivity index is 2.29. The molecule has 0 aliphatic carbocycles. The molecular formula is C19H22N2O4S. The van der Waals surface area contributed by atoms with Crippen molar-refractivity contribution in [3.05, 3.63) is 72.3 Å². The number of hydrogen-bond acceptors (Lipinski definition) is 4. The summed E-state index contributed by atoms with van der Waals surface area (Å²) < 4.78 is 31.9. The van der Waals surface area contributed by atoms with Crippen LogP contribution in [0.4, 0.5) is 0 Å². The quantitative estimate of drug-likeness (QED) is 0.720. The van der Waals surface area contributed by atoms with Gasteiger partial charge in [-0.05, 0) is 30.3 Å². The molecule has 2 aromatic rings. The lowest BCUT2D eigenvalue weighted by atomic mass is 10.1. The monoisotopic (exact) mass is 374 g/mol. The number of carbonyl (C=O) groups excluding carboxylic acids is 1. The minimum Gasteiger partial charge on any atom is -0.496 e. The molecule has 0 unspecified atom stereocenters. The summed E-state index contributed by atoms with van der Waals surface area (Å²) in [6.07, 6.45) is 1.59. The van der Waals surface area contributed by atoms with Crippen molar-refractivity contribution in [1.82, 2.24) is 9.62 Å². The van der Waals surface area contributed by atoms with Gasteiger partial charge >= 0.3 is 0 Å². The number of nitrogens with zero attached hydrogens (tertiary/aromatic N) is 1. The Kier molecular flexibility index (Phi) is 6.54. The van der Waals surface area contributed by atoms with Gasteiger partial charge in [0.2, 0.25) is 10.0 Å². The highest BCUT2D eigenvalue weighted by Gasteiger charge is 2.22. The molecule has 0 atom stereocenters. The Bertz CT molecular complexity index is 880. The second-order valence-electron chi connectivity index (χ2n) is 5.60. The molecule has 2 aromatic carbocycles. The lowest BCUT2D eigenvalue weighted by molar-refractivity contribution is 0.0958. The van der Waals surface area contributed by atoms with Gasteiger partial charge in [-0.15, -0.1) is 6.58 Å². The predicted octanol–water partition coefficient (Wildman–Crippen LogP) is 2.43. The molecule has 26 heavy (non-hydrogen) atoms. The van der Waals surface area contributed by atoms with Crippen LogP contribution in [-0.4, -0.2) is 39.3 Å². The minimum atomic E-state index is -3.65. The van der Waals surface area contributed by atoms with E-state index in [0.717, 1.165) is 0 Å². The number of amides is 1. The van der Waals surface area contributed by atoms with Gasteiger partial charge in [-0.2, -0.15) is 4.31 Å². The fourth-order valence-corrected chi connectivity index (χ4v) is 3.58. The van der Waals surface area contributed by atoms with Crippen molar-refractivity contribution >= 4 is 15.9 Å². The molecule has 6 nitrogen and oxygen atoms in total. The van der Waals surface area contributed by atoms with E-state index in [9.17, 15) is 13.2 Å². The molecule has 0 aromatic heterocycles. The predicted molar refractivity (Wildman–Crippen MR) is 101 cm³/mol. The SMILES string of the molecule is C=CCNC(=O)c1ccc(OC)c(CN(C)S(=O)(=O)c2ccccc2)c1. The van der Waals surface area contributed by atoms with E-state index in [0.29, 0.717) is 23.4 Å². The first-order chi connectivity index (χ1) is 12.4. The van der Waals surface area contributed by atoms with Crippen molar-refractivity contribution in [3.8, 4) is 5.75 Å². The lowest BCUT2D eigenvalue weighted by Gasteiger charge is -2.19. The molecule has 0 aliphatic heterocycles. The zero-order valence-electron chi connectivity index (χ0n) is 14.8. The summed E-state index contributed by atoms with van der Waals surface area (Å²) in [7, 11) is -0.651. The van der Waals surface area contributed by atoms with E-state index in [4.69, 9.17) is 4.74 Å². The van der Waals surface area contributed by atoms with Crippen molar-refractivity contribution in [2.75, 3.05) is 20.7 Å². The molecule has 7 heteroatoms. The number of benzene rings is 2. The number of ether oxygens (including phenoxy) is 1. The lowest BCUT2D eigenvalue weighted by Crippen LogP contribution is -2.27. The second kappa shape index (κ2) is 8.64. The molecule has 0 saturated heterocycles. The van der Waals surface area contributed by atoms with E-state index in [1.807, 2.05) is 0 Å². The van der Waals surface area contributed by atoms with Crippen molar-refractivity contribution in [2.24, 2.45) is 0 Å². The number of carbonyl (C=O) groups is 1. The van der Waals surface area contributed by atoms with E-state index < -0.39 is 10.0 Å². The molecule has 0 heterocycles. The molecule has 0 radical (unpaired) electrons. The zero-order chi connectivity index (χ0) is 19.2. The Morgan fingerprint density at radius 2 is 1.92 bits per heavy atom. The molecule has 0 spiro atoms. The third-order valence-electron chi connectivity index (χ3n) is 3.79. The summed E-state index contributed by atoms with van der Waals surface area (Å²) >= 11 is 0. The summed E-state index contributed by atoms with van der Waals surface area (Å²) in [6.45, 7) is 3.98. The van der Waals surface area contributed by atoms with Crippen molar-refractivity contribution < 1.29 is 17.9 Å². The maximum Gasteiger partial charge on any atom is 0.251 e. The average Bonchev–Trinajstić information content (AvgIpc) is 2.66. The van der Waals surface area contributed by atoms with E-state index >= 15 is 0 Å². The molecule has 0 bridgehead atoms. The van der Waals surface area contributed by atoms with Crippen LogP contribution in [0.25, 0.3) is 0 Å². The highest BCUT2D eigenvalue weighted by molar-refractivity contribution is 7.89. The van der Waals surface area contributed by atoms with Crippen LogP contribution in [0, 0.1) is 0 Å². The van der Waals surface area contributed by atoms with E-state index in [2.05, 4.69) is 11.9 Å². The van der Waals surface area contributed by atoms with Gasteiger partial charge in [0, 0.05) is 31.3 Å². The van der Waals surface area contributed by atoms with E-state index in [1.165, 1.54) is 18.5 Å². The normalized spacial score (nSPS) is 11.2. The number of hydrogen-bond donors (Lipinski definition) is 1. The Morgan fingerprint density at radius 3 is 2.54 bits per heavy atom. The molecule has 0 fully saturated rings. The fraction of sp³-hybridized carbons (Fsp3) is 0.211. The standard InChI is InChI=1S/C19H22N2O4S/c1-4-12-20-19(22)15-10-11-18(25-3)16(13-15)14-21(2)26(23,24)17-8-6-5-7-9-17/h4-11,13H,1,12,14H2,2-3H3,(H,20,22). The number of methoxy groups -OCH3 is 1.